The van der Waals surface area contributed by atoms with Crippen molar-refractivity contribution >= 4 is 11.6 Å². The summed E-state index contributed by atoms with van der Waals surface area (Å²) in [6.07, 6.45) is 4.72. The highest BCUT2D eigenvalue weighted by Crippen LogP contribution is 2.42. The zero-order valence-electron chi connectivity index (χ0n) is 14.1. The van der Waals surface area contributed by atoms with Crippen molar-refractivity contribution in [2.24, 2.45) is 11.3 Å². The zero-order valence-corrected chi connectivity index (χ0v) is 14.8. The summed E-state index contributed by atoms with van der Waals surface area (Å²) in [6, 6.07) is 7.54. The molecule has 0 saturated carbocycles. The van der Waals surface area contributed by atoms with Gasteiger partial charge in [-0.05, 0) is 30.7 Å². The van der Waals surface area contributed by atoms with Crippen molar-refractivity contribution < 1.29 is 9.84 Å². The van der Waals surface area contributed by atoms with Crippen LogP contribution in [-0.2, 0) is 11.3 Å². The number of aliphatic hydroxyl groups is 1. The van der Waals surface area contributed by atoms with Gasteiger partial charge in [-0.2, -0.15) is 0 Å². The van der Waals surface area contributed by atoms with Crippen LogP contribution in [-0.4, -0.2) is 52.9 Å². The van der Waals surface area contributed by atoms with Crippen LogP contribution in [0.2, 0.25) is 5.02 Å². The molecule has 4 rings (SSSR count). The average Bonchev–Trinajstić information content (AvgIpc) is 3.01. The molecule has 2 aliphatic rings. The topological polar surface area (TPSA) is 58.5 Å². The Morgan fingerprint density at radius 1 is 1.24 bits per heavy atom. The van der Waals surface area contributed by atoms with E-state index in [1.54, 1.807) is 0 Å². The second-order valence-electron chi connectivity index (χ2n) is 7.13. The Bertz CT molecular complexity index is 722. The van der Waals surface area contributed by atoms with E-state index in [0.717, 1.165) is 50.4 Å². The summed E-state index contributed by atoms with van der Waals surface area (Å²) in [6.45, 7) is 4.42. The highest BCUT2D eigenvalue weighted by molar-refractivity contribution is 6.30. The van der Waals surface area contributed by atoms with Gasteiger partial charge < -0.3 is 9.84 Å². The number of hydrogen-bond acceptors (Lipinski definition) is 5. The molecule has 0 amide bonds. The van der Waals surface area contributed by atoms with Gasteiger partial charge in [0.15, 0.2) is 5.82 Å². The lowest BCUT2D eigenvalue weighted by molar-refractivity contribution is -0.0417. The van der Waals surface area contributed by atoms with Gasteiger partial charge in [-0.3, -0.25) is 4.90 Å². The Hall–Kier alpha value is -1.53. The number of halogens is 1. The van der Waals surface area contributed by atoms with E-state index in [1.165, 1.54) is 0 Å². The molecule has 0 unspecified atom stereocenters. The van der Waals surface area contributed by atoms with Crippen LogP contribution in [0.5, 0.6) is 0 Å². The molecule has 5 nitrogen and oxygen atoms in total. The van der Waals surface area contributed by atoms with E-state index in [4.69, 9.17) is 16.3 Å². The van der Waals surface area contributed by atoms with E-state index >= 15 is 0 Å². The number of nitrogens with zero attached hydrogens (tertiary/aromatic N) is 3. The van der Waals surface area contributed by atoms with Gasteiger partial charge >= 0.3 is 0 Å². The van der Waals surface area contributed by atoms with E-state index in [2.05, 4.69) is 14.9 Å². The van der Waals surface area contributed by atoms with Crippen molar-refractivity contribution in [2.75, 3.05) is 32.9 Å². The van der Waals surface area contributed by atoms with Crippen molar-refractivity contribution in [3.63, 3.8) is 0 Å². The van der Waals surface area contributed by atoms with E-state index in [9.17, 15) is 5.11 Å². The minimum atomic E-state index is 0.00234. The molecule has 0 spiro atoms. The van der Waals surface area contributed by atoms with Crippen LogP contribution in [0.3, 0.4) is 0 Å². The Morgan fingerprint density at radius 2 is 2.00 bits per heavy atom. The SMILES string of the molecule is OC[C@]12CCOC[C@H]1CN(Cc1cnc(-c3ccc(Cl)cc3)nc1)C2. The summed E-state index contributed by atoms with van der Waals surface area (Å²) in [5.41, 5.74) is 2.05. The molecule has 132 valence electrons. The molecule has 1 N–H and O–H groups in total. The molecule has 0 radical (unpaired) electrons. The second kappa shape index (κ2) is 7.00. The predicted molar refractivity (Wildman–Crippen MR) is 96.2 cm³/mol. The number of rotatable bonds is 4. The fourth-order valence-corrected chi connectivity index (χ4v) is 4.11. The van der Waals surface area contributed by atoms with Crippen molar-refractivity contribution in [1.29, 1.82) is 0 Å². The maximum Gasteiger partial charge on any atom is 0.159 e. The lowest BCUT2D eigenvalue weighted by atomic mass is 9.75. The van der Waals surface area contributed by atoms with Crippen LogP contribution < -0.4 is 0 Å². The van der Waals surface area contributed by atoms with Gasteiger partial charge in [0.1, 0.15) is 0 Å². The third kappa shape index (κ3) is 3.42. The fourth-order valence-electron chi connectivity index (χ4n) is 3.98. The van der Waals surface area contributed by atoms with Crippen LogP contribution in [0.15, 0.2) is 36.7 Å². The second-order valence-corrected chi connectivity index (χ2v) is 7.57. The van der Waals surface area contributed by atoms with Crippen molar-refractivity contribution in [3.05, 3.63) is 47.2 Å². The molecule has 2 aliphatic heterocycles. The standard InChI is InChI=1S/C19H22ClN3O2/c20-17-3-1-15(2-4-17)18-21-7-14(8-22-18)9-23-10-16-11-25-6-5-19(16,12-23)13-24/h1-4,7-8,16,24H,5-6,9-13H2/t16-,19-/m1/s1. The molecule has 0 aliphatic carbocycles. The summed E-state index contributed by atoms with van der Waals surface area (Å²) in [5, 5.41) is 10.6. The van der Waals surface area contributed by atoms with Crippen LogP contribution in [0.25, 0.3) is 11.4 Å². The monoisotopic (exact) mass is 359 g/mol. The van der Waals surface area contributed by atoms with Gasteiger partial charge in [0, 0.05) is 66.1 Å². The summed E-state index contributed by atoms with van der Waals surface area (Å²) >= 11 is 5.92. The van der Waals surface area contributed by atoms with Crippen LogP contribution >= 0.6 is 11.6 Å². The largest absolute Gasteiger partial charge is 0.396 e. The Kier molecular flexibility index (Phi) is 4.73. The maximum atomic E-state index is 9.90. The van der Waals surface area contributed by atoms with Crippen molar-refractivity contribution in [2.45, 2.75) is 13.0 Å². The molecular formula is C19H22ClN3O2. The van der Waals surface area contributed by atoms with E-state index in [1.807, 2.05) is 36.7 Å². The molecular weight excluding hydrogens is 338 g/mol. The third-order valence-electron chi connectivity index (χ3n) is 5.48. The van der Waals surface area contributed by atoms with Gasteiger partial charge in [-0.25, -0.2) is 9.97 Å². The maximum absolute atomic E-state index is 9.90. The summed E-state index contributed by atoms with van der Waals surface area (Å²) < 4.78 is 5.61. The Morgan fingerprint density at radius 3 is 2.68 bits per heavy atom. The van der Waals surface area contributed by atoms with Gasteiger partial charge in [0.25, 0.3) is 0 Å². The molecule has 2 atom stereocenters. The van der Waals surface area contributed by atoms with E-state index in [-0.39, 0.29) is 12.0 Å². The number of benzene rings is 1. The summed E-state index contributed by atoms with van der Waals surface area (Å²) in [4.78, 5) is 11.4. The first-order valence-corrected chi connectivity index (χ1v) is 9.04. The Labute approximate surface area is 152 Å². The number of aliphatic hydroxyl groups excluding tert-OH is 1. The smallest absolute Gasteiger partial charge is 0.159 e. The van der Waals surface area contributed by atoms with Crippen LogP contribution in [0.4, 0.5) is 0 Å². The number of fused-ring (bicyclic) bond motifs is 1. The van der Waals surface area contributed by atoms with Gasteiger partial charge in [0.05, 0.1) is 13.2 Å². The van der Waals surface area contributed by atoms with Gasteiger partial charge in [0.2, 0.25) is 0 Å². The third-order valence-corrected chi connectivity index (χ3v) is 5.73. The van der Waals surface area contributed by atoms with Gasteiger partial charge in [-0.15, -0.1) is 0 Å². The van der Waals surface area contributed by atoms with Crippen LogP contribution in [0.1, 0.15) is 12.0 Å². The average molecular weight is 360 g/mol. The zero-order chi connectivity index (χ0) is 17.3. The molecule has 1 aromatic carbocycles. The first-order chi connectivity index (χ1) is 12.2. The Balaban J connectivity index is 1.44. The molecule has 0 bridgehead atoms. The number of aromatic nitrogens is 2. The number of likely N-dealkylation sites (tertiary alicyclic amines) is 1. The summed E-state index contributed by atoms with van der Waals surface area (Å²) in [7, 11) is 0. The first-order valence-electron chi connectivity index (χ1n) is 8.66. The molecule has 2 saturated heterocycles. The highest BCUT2D eigenvalue weighted by atomic mass is 35.5. The summed E-state index contributed by atoms with van der Waals surface area (Å²) in [5.74, 6) is 1.12. The van der Waals surface area contributed by atoms with Crippen molar-refractivity contribution in [3.8, 4) is 11.4 Å². The quantitative estimate of drug-likeness (QED) is 0.909. The first kappa shape index (κ1) is 16.9. The van der Waals surface area contributed by atoms with Crippen molar-refractivity contribution in [1.82, 2.24) is 14.9 Å². The lowest BCUT2D eigenvalue weighted by Gasteiger charge is -2.36. The molecule has 2 aromatic rings. The number of hydrogen-bond donors (Lipinski definition) is 1. The lowest BCUT2D eigenvalue weighted by Crippen LogP contribution is -2.41. The van der Waals surface area contributed by atoms with Gasteiger partial charge in [-0.1, -0.05) is 11.6 Å². The molecule has 6 heteroatoms. The molecule has 1 aromatic heterocycles. The molecule has 2 fully saturated rings. The molecule has 3 heterocycles. The predicted octanol–water partition coefficient (Wildman–Crippen LogP) is 2.63. The minimum absolute atomic E-state index is 0.00234. The normalized spacial score (nSPS) is 26.6. The fraction of sp³-hybridized carbons (Fsp3) is 0.474. The van der Waals surface area contributed by atoms with E-state index < -0.39 is 0 Å². The highest BCUT2D eigenvalue weighted by Gasteiger charge is 2.47. The molecule has 25 heavy (non-hydrogen) atoms. The van der Waals surface area contributed by atoms with E-state index in [0.29, 0.717) is 16.8 Å². The van der Waals surface area contributed by atoms with Crippen LogP contribution in [0, 0.1) is 11.3 Å². The number of ether oxygens (including phenoxy) is 1. The minimum Gasteiger partial charge on any atom is -0.396 e.